The van der Waals surface area contributed by atoms with Gasteiger partial charge in [-0.25, -0.2) is 8.42 Å². The molecule has 4 rings (SSSR count). The fourth-order valence-corrected chi connectivity index (χ4v) is 7.00. The quantitative estimate of drug-likeness (QED) is 0.441. The van der Waals surface area contributed by atoms with Crippen LogP contribution in [-0.4, -0.2) is 92.3 Å². The number of benzene rings is 1. The molecule has 0 aliphatic carbocycles. The standard InChI is InChI=1S/C23H35N5O5S/c1-18-13-19(2)16-26(15-18)23(29)17-24-9-11-25(12-10-24)21-6-5-20(14-22(21)28(30)31)34(32,33)27-7-3-4-8-27/h5-6,14,18-19H,3-4,7-13,15-17H2,1-2H3. The first-order valence-corrected chi connectivity index (χ1v) is 13.6. The number of carbonyl (C=O) groups is 1. The molecule has 3 saturated heterocycles. The van der Waals surface area contributed by atoms with Crippen LogP contribution >= 0.6 is 0 Å². The molecule has 34 heavy (non-hydrogen) atoms. The molecule has 2 unspecified atom stereocenters. The maximum Gasteiger partial charge on any atom is 0.293 e. The molecule has 1 aromatic rings. The zero-order valence-corrected chi connectivity index (χ0v) is 20.9. The van der Waals surface area contributed by atoms with Crippen molar-refractivity contribution in [3.8, 4) is 0 Å². The summed E-state index contributed by atoms with van der Waals surface area (Å²) in [6.45, 7) is 9.57. The topological polar surface area (TPSA) is 107 Å². The maximum atomic E-state index is 12.9. The van der Waals surface area contributed by atoms with Crippen molar-refractivity contribution in [1.29, 1.82) is 0 Å². The summed E-state index contributed by atoms with van der Waals surface area (Å²) in [5.41, 5.74) is 0.233. The second kappa shape index (κ2) is 10.2. The first-order valence-electron chi connectivity index (χ1n) is 12.2. The zero-order chi connectivity index (χ0) is 24.5. The van der Waals surface area contributed by atoms with Crippen molar-refractivity contribution in [3.63, 3.8) is 0 Å². The van der Waals surface area contributed by atoms with E-state index in [-0.39, 0.29) is 16.5 Å². The van der Waals surface area contributed by atoms with Gasteiger partial charge in [0.1, 0.15) is 5.69 Å². The molecule has 3 aliphatic rings. The minimum atomic E-state index is -3.72. The number of likely N-dealkylation sites (tertiary alicyclic amines) is 1. The van der Waals surface area contributed by atoms with Gasteiger partial charge in [-0.05, 0) is 43.2 Å². The molecule has 0 aromatic heterocycles. The van der Waals surface area contributed by atoms with E-state index in [1.165, 1.54) is 16.4 Å². The number of amides is 1. The van der Waals surface area contributed by atoms with Crippen molar-refractivity contribution < 1.29 is 18.1 Å². The lowest BCUT2D eigenvalue weighted by molar-refractivity contribution is -0.384. The van der Waals surface area contributed by atoms with Crippen LogP contribution in [0.2, 0.25) is 0 Å². The van der Waals surface area contributed by atoms with Gasteiger partial charge in [-0.2, -0.15) is 4.31 Å². The van der Waals surface area contributed by atoms with Gasteiger partial charge in [-0.1, -0.05) is 13.8 Å². The number of piperidine rings is 1. The average Bonchev–Trinajstić information content (AvgIpc) is 3.34. The fraction of sp³-hybridized carbons (Fsp3) is 0.696. The zero-order valence-electron chi connectivity index (χ0n) is 20.1. The van der Waals surface area contributed by atoms with Gasteiger partial charge in [0.05, 0.1) is 16.4 Å². The third kappa shape index (κ3) is 5.36. The van der Waals surface area contributed by atoms with E-state index in [9.17, 15) is 23.3 Å². The Kier molecular flexibility index (Phi) is 7.44. The number of carbonyl (C=O) groups excluding carboxylic acids is 1. The predicted molar refractivity (Wildman–Crippen MR) is 129 cm³/mol. The van der Waals surface area contributed by atoms with E-state index in [1.54, 1.807) is 6.07 Å². The lowest BCUT2D eigenvalue weighted by Gasteiger charge is -2.38. The number of hydrogen-bond acceptors (Lipinski definition) is 7. The summed E-state index contributed by atoms with van der Waals surface area (Å²) in [6.07, 6.45) is 2.77. The van der Waals surface area contributed by atoms with Gasteiger partial charge in [0, 0.05) is 58.4 Å². The molecule has 0 radical (unpaired) electrons. The average molecular weight is 494 g/mol. The Labute approximate surface area is 201 Å². The van der Waals surface area contributed by atoms with Gasteiger partial charge < -0.3 is 9.80 Å². The third-order valence-corrected chi connectivity index (χ3v) is 9.03. The van der Waals surface area contributed by atoms with Crippen LogP contribution in [0.1, 0.15) is 33.1 Å². The maximum absolute atomic E-state index is 12.9. The van der Waals surface area contributed by atoms with Crippen molar-refractivity contribution in [2.45, 2.75) is 38.0 Å². The smallest absolute Gasteiger partial charge is 0.293 e. The number of nitro groups is 1. The number of rotatable bonds is 6. The van der Waals surface area contributed by atoms with Crippen molar-refractivity contribution in [3.05, 3.63) is 28.3 Å². The Morgan fingerprint density at radius 1 is 1.03 bits per heavy atom. The minimum Gasteiger partial charge on any atom is -0.363 e. The Morgan fingerprint density at radius 3 is 2.24 bits per heavy atom. The highest BCUT2D eigenvalue weighted by Crippen LogP contribution is 2.33. The molecule has 3 heterocycles. The number of sulfonamides is 1. The second-order valence-electron chi connectivity index (χ2n) is 10.0. The van der Waals surface area contributed by atoms with E-state index in [1.807, 2.05) is 9.80 Å². The van der Waals surface area contributed by atoms with Crippen LogP contribution < -0.4 is 4.90 Å². The summed E-state index contributed by atoms with van der Waals surface area (Å²) in [5.74, 6) is 1.18. The van der Waals surface area contributed by atoms with Crippen LogP contribution in [0.3, 0.4) is 0 Å². The molecule has 188 valence electrons. The molecule has 3 fully saturated rings. The van der Waals surface area contributed by atoms with Gasteiger partial charge in [0.25, 0.3) is 5.69 Å². The Hall–Kier alpha value is -2.24. The van der Waals surface area contributed by atoms with Gasteiger partial charge in [0.2, 0.25) is 15.9 Å². The van der Waals surface area contributed by atoms with Crippen molar-refractivity contribution >= 4 is 27.3 Å². The third-order valence-electron chi connectivity index (χ3n) is 7.14. The van der Waals surface area contributed by atoms with Crippen LogP contribution in [0.4, 0.5) is 11.4 Å². The highest BCUT2D eigenvalue weighted by molar-refractivity contribution is 7.89. The van der Waals surface area contributed by atoms with Gasteiger partial charge in [-0.15, -0.1) is 0 Å². The molecular formula is C23H35N5O5S. The number of nitrogens with zero attached hydrogens (tertiary/aromatic N) is 5. The number of nitro benzene ring substituents is 1. The van der Waals surface area contributed by atoms with Crippen molar-refractivity contribution in [1.82, 2.24) is 14.1 Å². The summed E-state index contributed by atoms with van der Waals surface area (Å²) in [7, 11) is -3.72. The molecule has 0 bridgehead atoms. The molecule has 0 N–H and O–H groups in total. The Morgan fingerprint density at radius 2 is 1.65 bits per heavy atom. The molecule has 0 saturated carbocycles. The van der Waals surface area contributed by atoms with Gasteiger partial charge in [-0.3, -0.25) is 19.8 Å². The van der Waals surface area contributed by atoms with Crippen molar-refractivity contribution in [2.24, 2.45) is 11.8 Å². The van der Waals surface area contributed by atoms with Crippen molar-refractivity contribution in [2.75, 3.05) is 63.8 Å². The van der Waals surface area contributed by atoms with E-state index in [0.717, 1.165) is 32.4 Å². The highest BCUT2D eigenvalue weighted by atomic mass is 32.2. The normalized spacial score (nSPS) is 25.0. The molecule has 1 amide bonds. The monoisotopic (exact) mass is 493 g/mol. The van der Waals surface area contributed by atoms with Crippen LogP contribution in [0.5, 0.6) is 0 Å². The number of piperazine rings is 1. The molecular weight excluding hydrogens is 458 g/mol. The summed E-state index contributed by atoms with van der Waals surface area (Å²) < 4.78 is 27.1. The van der Waals surface area contributed by atoms with E-state index in [4.69, 9.17) is 0 Å². The SMILES string of the molecule is CC1CC(C)CN(C(=O)CN2CCN(c3ccc(S(=O)(=O)N4CCCC4)cc3[N+](=O)[O-])CC2)C1. The molecule has 11 heteroatoms. The van der Waals surface area contributed by atoms with E-state index in [0.29, 0.717) is 63.3 Å². The van der Waals surface area contributed by atoms with E-state index in [2.05, 4.69) is 18.7 Å². The molecule has 3 aliphatic heterocycles. The Bertz CT molecular complexity index is 1010. The number of hydrogen-bond donors (Lipinski definition) is 0. The van der Waals surface area contributed by atoms with Crippen LogP contribution in [0.25, 0.3) is 0 Å². The molecule has 0 spiro atoms. The predicted octanol–water partition coefficient (Wildman–Crippen LogP) is 2.01. The first-order chi connectivity index (χ1) is 16.1. The minimum absolute atomic E-state index is 0.0286. The summed E-state index contributed by atoms with van der Waals surface area (Å²) in [5, 5.41) is 11.8. The largest absolute Gasteiger partial charge is 0.363 e. The fourth-order valence-electron chi connectivity index (χ4n) is 5.46. The number of anilines is 1. The summed E-state index contributed by atoms with van der Waals surface area (Å²) in [4.78, 5) is 30.1. The van der Waals surface area contributed by atoms with E-state index >= 15 is 0 Å². The van der Waals surface area contributed by atoms with E-state index < -0.39 is 14.9 Å². The molecule has 1 aromatic carbocycles. The lowest BCUT2D eigenvalue weighted by Crippen LogP contribution is -2.52. The highest BCUT2D eigenvalue weighted by Gasteiger charge is 2.32. The Balaban J connectivity index is 1.40. The lowest BCUT2D eigenvalue weighted by atomic mass is 9.92. The van der Waals surface area contributed by atoms with Crippen LogP contribution in [-0.2, 0) is 14.8 Å². The van der Waals surface area contributed by atoms with Gasteiger partial charge in [0.15, 0.2) is 0 Å². The summed E-state index contributed by atoms with van der Waals surface area (Å²) >= 11 is 0. The molecule has 10 nitrogen and oxygen atoms in total. The van der Waals surface area contributed by atoms with Crippen LogP contribution in [0, 0.1) is 22.0 Å². The van der Waals surface area contributed by atoms with Crippen LogP contribution in [0.15, 0.2) is 23.1 Å². The second-order valence-corrected chi connectivity index (χ2v) is 12.0. The summed E-state index contributed by atoms with van der Waals surface area (Å²) in [6, 6.07) is 4.22. The van der Waals surface area contributed by atoms with Gasteiger partial charge >= 0.3 is 0 Å². The molecule has 2 atom stereocenters. The first kappa shape index (κ1) is 24.9.